The highest BCUT2D eigenvalue weighted by Crippen LogP contribution is 2.53. The van der Waals surface area contributed by atoms with E-state index in [9.17, 15) is 4.79 Å². The number of ether oxygens (including phenoxy) is 1. The second-order valence-electron chi connectivity index (χ2n) is 8.25. The Morgan fingerprint density at radius 2 is 1.96 bits per heavy atom. The Morgan fingerprint density at radius 3 is 2.61 bits per heavy atom. The second-order valence-corrected chi connectivity index (χ2v) is 8.25. The number of aromatic nitrogens is 5. The Kier molecular flexibility index (Phi) is 3.72. The standard InChI is InChI=1S/C20H24N6O2/c1-13-11-14(24-23-13)15-12-21-17-4-3-16(25-26(15)17)22-20-8-5-19(6-9-20,7-10-20)18(27)28-2/h3-4,11-12H,5-10H2,1-2H3,(H,22,25)(H,23,24). The predicted octanol–water partition coefficient (Wildman–Crippen LogP) is 3.11. The minimum atomic E-state index is -0.273. The van der Waals surface area contributed by atoms with E-state index < -0.39 is 0 Å². The van der Waals surface area contributed by atoms with Crippen LogP contribution in [0.5, 0.6) is 0 Å². The maximum Gasteiger partial charge on any atom is 0.311 e. The zero-order chi connectivity index (χ0) is 19.4. The maximum absolute atomic E-state index is 12.2. The molecule has 6 rings (SSSR count). The largest absolute Gasteiger partial charge is 0.469 e. The van der Waals surface area contributed by atoms with Crippen molar-refractivity contribution >= 4 is 17.4 Å². The van der Waals surface area contributed by atoms with Crippen LogP contribution in [0.2, 0.25) is 0 Å². The molecule has 0 amide bonds. The molecule has 28 heavy (non-hydrogen) atoms. The van der Waals surface area contributed by atoms with Crippen LogP contribution in [0.4, 0.5) is 5.82 Å². The SMILES string of the molecule is COC(=O)C12CCC(Nc3ccc4ncc(-c5cc(C)[nH]n5)n4n3)(CC1)CC2. The molecule has 0 unspecified atom stereocenters. The molecule has 8 heteroatoms. The summed E-state index contributed by atoms with van der Waals surface area (Å²) in [5, 5.41) is 15.8. The number of anilines is 1. The van der Waals surface area contributed by atoms with Crippen LogP contribution in [0.1, 0.15) is 44.2 Å². The summed E-state index contributed by atoms with van der Waals surface area (Å²) in [5.41, 5.74) is 3.20. The van der Waals surface area contributed by atoms with Crippen molar-refractivity contribution < 1.29 is 9.53 Å². The number of esters is 1. The van der Waals surface area contributed by atoms with E-state index in [4.69, 9.17) is 9.84 Å². The lowest BCUT2D eigenvalue weighted by Crippen LogP contribution is -2.53. The summed E-state index contributed by atoms with van der Waals surface area (Å²) < 4.78 is 6.90. The van der Waals surface area contributed by atoms with Gasteiger partial charge in [0.1, 0.15) is 17.2 Å². The predicted molar refractivity (Wildman–Crippen MR) is 104 cm³/mol. The van der Waals surface area contributed by atoms with Crippen molar-refractivity contribution in [1.29, 1.82) is 0 Å². The second kappa shape index (κ2) is 6.05. The number of hydrogen-bond acceptors (Lipinski definition) is 6. The van der Waals surface area contributed by atoms with Crippen molar-refractivity contribution in [2.24, 2.45) is 5.41 Å². The molecule has 146 valence electrons. The fourth-order valence-corrected chi connectivity index (χ4v) is 4.83. The van der Waals surface area contributed by atoms with E-state index in [1.165, 1.54) is 7.11 Å². The summed E-state index contributed by atoms with van der Waals surface area (Å²) >= 11 is 0. The van der Waals surface area contributed by atoms with Crippen LogP contribution in [-0.4, -0.2) is 43.4 Å². The number of carbonyl (C=O) groups excluding carboxylic acids is 1. The first-order valence-corrected chi connectivity index (χ1v) is 9.76. The highest BCUT2D eigenvalue weighted by Gasteiger charge is 2.53. The molecule has 0 radical (unpaired) electrons. The molecule has 3 saturated carbocycles. The van der Waals surface area contributed by atoms with Crippen molar-refractivity contribution in [2.75, 3.05) is 12.4 Å². The third-order valence-corrected chi connectivity index (χ3v) is 6.59. The van der Waals surface area contributed by atoms with E-state index in [0.717, 1.165) is 67.1 Å². The van der Waals surface area contributed by atoms with Gasteiger partial charge < -0.3 is 10.1 Å². The van der Waals surface area contributed by atoms with E-state index in [-0.39, 0.29) is 16.9 Å². The van der Waals surface area contributed by atoms with Crippen molar-refractivity contribution in [1.82, 2.24) is 24.8 Å². The normalized spacial score (nSPS) is 26.5. The number of nitrogens with one attached hydrogen (secondary N) is 2. The average Bonchev–Trinajstić information content (AvgIpc) is 3.34. The number of aromatic amines is 1. The lowest BCUT2D eigenvalue weighted by molar-refractivity contribution is -0.159. The van der Waals surface area contributed by atoms with Gasteiger partial charge in [0, 0.05) is 11.2 Å². The van der Waals surface area contributed by atoms with Gasteiger partial charge in [0.15, 0.2) is 5.65 Å². The van der Waals surface area contributed by atoms with Gasteiger partial charge in [-0.25, -0.2) is 9.50 Å². The van der Waals surface area contributed by atoms with Gasteiger partial charge in [-0.1, -0.05) is 0 Å². The topological polar surface area (TPSA) is 97.2 Å². The molecule has 0 atom stereocenters. The van der Waals surface area contributed by atoms with E-state index in [0.29, 0.717) is 0 Å². The van der Waals surface area contributed by atoms with Crippen molar-refractivity contribution in [3.63, 3.8) is 0 Å². The van der Waals surface area contributed by atoms with Gasteiger partial charge in [0.05, 0.1) is 18.7 Å². The maximum atomic E-state index is 12.2. The molecule has 3 aromatic heterocycles. The van der Waals surface area contributed by atoms with E-state index in [1.54, 1.807) is 6.20 Å². The smallest absolute Gasteiger partial charge is 0.311 e. The zero-order valence-corrected chi connectivity index (χ0v) is 16.2. The lowest BCUT2D eigenvalue weighted by atomic mass is 9.57. The fraction of sp³-hybridized carbons (Fsp3) is 0.500. The van der Waals surface area contributed by atoms with Crippen LogP contribution in [0.25, 0.3) is 17.0 Å². The summed E-state index contributed by atoms with van der Waals surface area (Å²) in [4.78, 5) is 16.7. The molecule has 3 aromatic rings. The van der Waals surface area contributed by atoms with Crippen LogP contribution < -0.4 is 5.32 Å². The molecule has 3 aliphatic carbocycles. The van der Waals surface area contributed by atoms with Gasteiger partial charge in [-0.15, -0.1) is 5.10 Å². The van der Waals surface area contributed by atoms with Gasteiger partial charge in [-0.05, 0) is 63.6 Å². The number of imidazole rings is 1. The molecule has 0 saturated heterocycles. The molecule has 0 spiro atoms. The average molecular weight is 380 g/mol. The summed E-state index contributed by atoms with van der Waals surface area (Å²) in [6.07, 6.45) is 7.28. The minimum Gasteiger partial charge on any atom is -0.469 e. The summed E-state index contributed by atoms with van der Waals surface area (Å²) in [7, 11) is 1.49. The number of H-pyrrole nitrogens is 1. The van der Waals surface area contributed by atoms with Crippen LogP contribution in [0.3, 0.4) is 0 Å². The molecule has 0 aliphatic heterocycles. The number of carbonyl (C=O) groups is 1. The van der Waals surface area contributed by atoms with Gasteiger partial charge in [-0.3, -0.25) is 9.89 Å². The summed E-state index contributed by atoms with van der Waals surface area (Å²) in [6, 6.07) is 5.94. The summed E-state index contributed by atoms with van der Waals surface area (Å²) in [5.74, 6) is 0.782. The van der Waals surface area contributed by atoms with Crippen LogP contribution >= 0.6 is 0 Å². The Bertz CT molecular complexity index is 1030. The van der Waals surface area contributed by atoms with E-state index in [1.807, 2.05) is 29.6 Å². The zero-order valence-electron chi connectivity index (χ0n) is 16.2. The molecule has 3 fully saturated rings. The Labute approximate surface area is 162 Å². The quantitative estimate of drug-likeness (QED) is 0.675. The van der Waals surface area contributed by atoms with Crippen LogP contribution in [0, 0.1) is 12.3 Å². The number of methoxy groups -OCH3 is 1. The first-order chi connectivity index (χ1) is 13.5. The van der Waals surface area contributed by atoms with E-state index >= 15 is 0 Å². The molecule has 2 N–H and O–H groups in total. The van der Waals surface area contributed by atoms with Gasteiger partial charge in [-0.2, -0.15) is 5.10 Å². The first-order valence-electron chi connectivity index (χ1n) is 9.76. The van der Waals surface area contributed by atoms with Crippen LogP contribution in [0.15, 0.2) is 24.4 Å². The highest BCUT2D eigenvalue weighted by molar-refractivity contribution is 5.77. The molecular formula is C20H24N6O2. The Morgan fingerprint density at radius 1 is 1.21 bits per heavy atom. The fourth-order valence-electron chi connectivity index (χ4n) is 4.83. The van der Waals surface area contributed by atoms with Crippen molar-refractivity contribution in [3.05, 3.63) is 30.1 Å². The summed E-state index contributed by atoms with van der Waals surface area (Å²) in [6.45, 7) is 1.97. The van der Waals surface area contributed by atoms with Crippen molar-refractivity contribution in [3.8, 4) is 11.4 Å². The number of aryl methyl sites for hydroxylation is 1. The first kappa shape index (κ1) is 17.2. The Hall–Kier alpha value is -2.90. The number of fused-ring (bicyclic) bond motifs is 4. The molecule has 2 bridgehead atoms. The van der Waals surface area contributed by atoms with Gasteiger partial charge in [0.25, 0.3) is 0 Å². The molecule has 3 aliphatic rings. The lowest BCUT2D eigenvalue weighted by Gasteiger charge is -2.52. The van der Waals surface area contributed by atoms with Crippen molar-refractivity contribution in [2.45, 2.75) is 51.0 Å². The minimum absolute atomic E-state index is 0.000115. The third-order valence-electron chi connectivity index (χ3n) is 6.59. The Balaban J connectivity index is 1.41. The molecule has 3 heterocycles. The van der Waals surface area contributed by atoms with E-state index in [2.05, 4.69) is 20.5 Å². The van der Waals surface area contributed by atoms with Crippen LogP contribution in [-0.2, 0) is 9.53 Å². The third kappa shape index (κ3) is 2.58. The number of rotatable bonds is 4. The number of nitrogens with zero attached hydrogens (tertiary/aromatic N) is 4. The molecular weight excluding hydrogens is 356 g/mol. The van der Waals surface area contributed by atoms with Gasteiger partial charge >= 0.3 is 5.97 Å². The monoisotopic (exact) mass is 380 g/mol. The number of hydrogen-bond donors (Lipinski definition) is 2. The highest BCUT2D eigenvalue weighted by atomic mass is 16.5. The van der Waals surface area contributed by atoms with Gasteiger partial charge in [0.2, 0.25) is 0 Å². The molecule has 8 nitrogen and oxygen atoms in total. The molecule has 0 aromatic carbocycles.